The summed E-state index contributed by atoms with van der Waals surface area (Å²) in [5.74, 6) is -0.339. The van der Waals surface area contributed by atoms with E-state index in [9.17, 15) is 13.2 Å². The Bertz CT molecular complexity index is 862. The lowest BCUT2D eigenvalue weighted by Crippen LogP contribution is -2.41. The lowest BCUT2D eigenvalue weighted by atomic mass is 10.1. The number of benzene rings is 2. The minimum atomic E-state index is -3.26. The molecule has 2 aromatic carbocycles. The van der Waals surface area contributed by atoms with Gasteiger partial charge in [-0.2, -0.15) is 0 Å². The van der Waals surface area contributed by atoms with Crippen LogP contribution in [0.25, 0.3) is 0 Å². The second-order valence-electron chi connectivity index (χ2n) is 5.22. The number of anilines is 1. The van der Waals surface area contributed by atoms with E-state index in [-0.39, 0.29) is 11.7 Å². The third-order valence-corrected chi connectivity index (χ3v) is 5.67. The standard InChI is InChI=1S/C17H14BrNO3S/c18-16-9-5-4-8-15(16)17(20)19(13-6-2-1-3-7-13)14-10-11-23(21,22)12-14/h1-11,14H,12H2. The number of hydrogen-bond donors (Lipinski definition) is 0. The number of carbonyl (C=O) groups is 1. The maximum absolute atomic E-state index is 13.0. The molecule has 1 atom stereocenters. The number of hydrogen-bond acceptors (Lipinski definition) is 3. The van der Waals surface area contributed by atoms with Crippen LogP contribution in [0, 0.1) is 0 Å². The summed E-state index contributed by atoms with van der Waals surface area (Å²) in [6.07, 6.45) is 1.57. The molecule has 0 bridgehead atoms. The van der Waals surface area contributed by atoms with E-state index < -0.39 is 15.9 Å². The fraction of sp³-hybridized carbons (Fsp3) is 0.118. The Morgan fingerprint density at radius 3 is 2.30 bits per heavy atom. The van der Waals surface area contributed by atoms with E-state index >= 15 is 0 Å². The first kappa shape index (κ1) is 16.0. The van der Waals surface area contributed by atoms with Crippen LogP contribution in [0.2, 0.25) is 0 Å². The highest BCUT2D eigenvalue weighted by atomic mass is 79.9. The number of para-hydroxylation sites is 1. The Morgan fingerprint density at radius 2 is 1.70 bits per heavy atom. The minimum absolute atomic E-state index is 0.0991. The molecule has 0 saturated carbocycles. The highest BCUT2D eigenvalue weighted by Crippen LogP contribution is 2.27. The summed E-state index contributed by atoms with van der Waals surface area (Å²) in [7, 11) is -3.26. The van der Waals surface area contributed by atoms with Crippen molar-refractivity contribution in [3.8, 4) is 0 Å². The van der Waals surface area contributed by atoms with Crippen molar-refractivity contribution in [3.05, 3.63) is 76.1 Å². The largest absolute Gasteiger partial charge is 0.300 e. The fourth-order valence-electron chi connectivity index (χ4n) is 2.53. The van der Waals surface area contributed by atoms with Crippen molar-refractivity contribution >= 4 is 37.4 Å². The van der Waals surface area contributed by atoms with Crippen molar-refractivity contribution in [1.82, 2.24) is 0 Å². The van der Waals surface area contributed by atoms with E-state index in [1.165, 1.54) is 10.3 Å². The molecule has 0 spiro atoms. The van der Waals surface area contributed by atoms with Crippen LogP contribution in [0.4, 0.5) is 5.69 Å². The molecule has 1 unspecified atom stereocenters. The quantitative estimate of drug-likeness (QED) is 0.805. The first-order valence-corrected chi connectivity index (χ1v) is 9.53. The third kappa shape index (κ3) is 3.38. The van der Waals surface area contributed by atoms with Crippen molar-refractivity contribution in [3.63, 3.8) is 0 Å². The molecule has 0 N–H and O–H groups in total. The summed E-state index contributed by atoms with van der Waals surface area (Å²) in [6, 6.07) is 15.7. The van der Waals surface area contributed by atoms with E-state index in [0.29, 0.717) is 15.7 Å². The molecule has 0 saturated heterocycles. The molecule has 0 aliphatic carbocycles. The molecule has 0 aromatic heterocycles. The van der Waals surface area contributed by atoms with Crippen LogP contribution < -0.4 is 4.90 Å². The minimum Gasteiger partial charge on any atom is -0.300 e. The zero-order valence-corrected chi connectivity index (χ0v) is 14.5. The molecule has 118 valence electrons. The van der Waals surface area contributed by atoms with Gasteiger partial charge in [0.15, 0.2) is 9.84 Å². The van der Waals surface area contributed by atoms with Crippen LogP contribution in [0.3, 0.4) is 0 Å². The molecule has 1 heterocycles. The molecular formula is C17H14BrNO3S. The molecule has 0 fully saturated rings. The Kier molecular flexibility index (Phi) is 4.37. The monoisotopic (exact) mass is 391 g/mol. The number of nitrogens with zero attached hydrogens (tertiary/aromatic N) is 1. The van der Waals surface area contributed by atoms with Gasteiger partial charge in [-0.15, -0.1) is 0 Å². The highest BCUT2D eigenvalue weighted by Gasteiger charge is 2.32. The maximum Gasteiger partial charge on any atom is 0.260 e. The van der Waals surface area contributed by atoms with Crippen molar-refractivity contribution in [2.75, 3.05) is 10.7 Å². The van der Waals surface area contributed by atoms with Gasteiger partial charge < -0.3 is 4.90 Å². The Hall–Kier alpha value is -1.92. The van der Waals surface area contributed by atoms with Crippen LogP contribution in [0.1, 0.15) is 10.4 Å². The number of rotatable bonds is 3. The predicted octanol–water partition coefficient (Wildman–Crippen LogP) is 3.41. The Balaban J connectivity index is 2.05. The first-order chi connectivity index (χ1) is 11.0. The molecular weight excluding hydrogens is 378 g/mol. The van der Waals surface area contributed by atoms with Crippen LogP contribution >= 0.6 is 15.9 Å². The van der Waals surface area contributed by atoms with E-state index in [4.69, 9.17) is 0 Å². The number of halogens is 1. The molecule has 1 amide bonds. The van der Waals surface area contributed by atoms with Crippen molar-refractivity contribution in [2.45, 2.75) is 6.04 Å². The van der Waals surface area contributed by atoms with Crippen molar-refractivity contribution < 1.29 is 13.2 Å². The van der Waals surface area contributed by atoms with Gasteiger partial charge in [0, 0.05) is 15.6 Å². The van der Waals surface area contributed by atoms with Crippen LogP contribution in [-0.2, 0) is 9.84 Å². The van der Waals surface area contributed by atoms with Gasteiger partial charge in [-0.3, -0.25) is 4.79 Å². The smallest absolute Gasteiger partial charge is 0.260 e. The van der Waals surface area contributed by atoms with Crippen molar-refractivity contribution in [2.24, 2.45) is 0 Å². The summed E-state index contributed by atoms with van der Waals surface area (Å²) in [6.45, 7) is 0. The highest BCUT2D eigenvalue weighted by molar-refractivity contribution is 9.10. The van der Waals surface area contributed by atoms with E-state index in [2.05, 4.69) is 15.9 Å². The summed E-state index contributed by atoms with van der Waals surface area (Å²) in [5.41, 5.74) is 1.16. The SMILES string of the molecule is O=C(c1ccccc1Br)N(c1ccccc1)C1C=CS(=O)(=O)C1. The predicted molar refractivity (Wildman–Crippen MR) is 94.1 cm³/mol. The van der Waals surface area contributed by atoms with Gasteiger partial charge in [-0.05, 0) is 46.3 Å². The number of carbonyl (C=O) groups excluding carboxylic acids is 1. The molecule has 1 aliphatic rings. The van der Waals surface area contributed by atoms with E-state index in [1.54, 1.807) is 36.4 Å². The van der Waals surface area contributed by atoms with Crippen LogP contribution in [0.5, 0.6) is 0 Å². The molecule has 23 heavy (non-hydrogen) atoms. The average Bonchev–Trinajstić information content (AvgIpc) is 2.88. The fourth-order valence-corrected chi connectivity index (χ4v) is 4.25. The maximum atomic E-state index is 13.0. The van der Waals surface area contributed by atoms with Gasteiger partial charge in [0.1, 0.15) is 0 Å². The Labute approximate surface area is 143 Å². The van der Waals surface area contributed by atoms with Gasteiger partial charge in [0.25, 0.3) is 5.91 Å². The first-order valence-electron chi connectivity index (χ1n) is 7.02. The zero-order valence-electron chi connectivity index (χ0n) is 12.1. The molecule has 0 radical (unpaired) electrons. The summed E-state index contributed by atoms with van der Waals surface area (Å²) >= 11 is 3.38. The zero-order chi connectivity index (χ0) is 16.4. The van der Waals surface area contributed by atoms with Crippen molar-refractivity contribution in [1.29, 1.82) is 0 Å². The lowest BCUT2D eigenvalue weighted by Gasteiger charge is -2.28. The third-order valence-electron chi connectivity index (χ3n) is 3.60. The topological polar surface area (TPSA) is 54.5 Å². The van der Waals surface area contributed by atoms with Gasteiger partial charge >= 0.3 is 0 Å². The van der Waals surface area contributed by atoms with Gasteiger partial charge in [0.2, 0.25) is 0 Å². The molecule has 4 nitrogen and oxygen atoms in total. The van der Waals surface area contributed by atoms with Gasteiger partial charge in [-0.25, -0.2) is 8.42 Å². The molecule has 2 aromatic rings. The van der Waals surface area contributed by atoms with Gasteiger partial charge in [-0.1, -0.05) is 30.3 Å². The lowest BCUT2D eigenvalue weighted by molar-refractivity contribution is 0.0982. The second kappa shape index (κ2) is 6.29. The molecule has 1 aliphatic heterocycles. The normalized spacial score (nSPS) is 18.7. The Morgan fingerprint density at radius 1 is 1.04 bits per heavy atom. The number of amides is 1. The van der Waals surface area contributed by atoms with Gasteiger partial charge in [0.05, 0.1) is 17.4 Å². The van der Waals surface area contributed by atoms with Crippen LogP contribution in [-0.4, -0.2) is 26.1 Å². The summed E-state index contributed by atoms with van der Waals surface area (Å²) in [5, 5.41) is 1.18. The second-order valence-corrected chi connectivity index (χ2v) is 8.00. The van der Waals surface area contributed by atoms with E-state index in [0.717, 1.165) is 0 Å². The van der Waals surface area contributed by atoms with E-state index in [1.807, 2.05) is 24.3 Å². The summed E-state index contributed by atoms with van der Waals surface area (Å²) in [4.78, 5) is 14.6. The summed E-state index contributed by atoms with van der Waals surface area (Å²) < 4.78 is 24.2. The average molecular weight is 392 g/mol. The van der Waals surface area contributed by atoms with Crippen LogP contribution in [0.15, 0.2) is 70.6 Å². The molecule has 6 heteroatoms. The number of sulfone groups is 1. The molecule has 3 rings (SSSR count).